The standard InChI is InChI=1S/C14H17FN4/c1-9(2)12-13(16)18-8-19-14(12)17-7-10-5-3-4-6-11(10)15/h3-6,8-9H,7H2,1-2H3,(H3,16,17,18,19). The van der Waals surface area contributed by atoms with Crippen LogP contribution < -0.4 is 11.1 Å². The second-order valence-corrected chi connectivity index (χ2v) is 4.62. The smallest absolute Gasteiger partial charge is 0.135 e. The Bertz CT molecular complexity index is 569. The van der Waals surface area contributed by atoms with Gasteiger partial charge in [-0.15, -0.1) is 0 Å². The number of hydrogen-bond donors (Lipinski definition) is 2. The maximum atomic E-state index is 13.5. The lowest BCUT2D eigenvalue weighted by molar-refractivity contribution is 0.612. The van der Waals surface area contributed by atoms with Crippen molar-refractivity contribution in [2.75, 3.05) is 11.1 Å². The molecule has 0 aliphatic heterocycles. The molecule has 0 fully saturated rings. The van der Waals surface area contributed by atoms with Crippen LogP contribution in [0.15, 0.2) is 30.6 Å². The molecule has 0 aliphatic carbocycles. The first kappa shape index (κ1) is 13.3. The number of nitrogens with zero attached hydrogens (tertiary/aromatic N) is 2. The molecule has 1 aromatic heterocycles. The molecule has 4 nitrogen and oxygen atoms in total. The van der Waals surface area contributed by atoms with Gasteiger partial charge in [-0.2, -0.15) is 0 Å². The summed E-state index contributed by atoms with van der Waals surface area (Å²) in [7, 11) is 0. The number of benzene rings is 1. The lowest BCUT2D eigenvalue weighted by Crippen LogP contribution is -2.10. The molecule has 19 heavy (non-hydrogen) atoms. The van der Waals surface area contributed by atoms with Crippen LogP contribution in [-0.4, -0.2) is 9.97 Å². The number of nitrogens with two attached hydrogens (primary N) is 1. The third kappa shape index (κ3) is 2.99. The van der Waals surface area contributed by atoms with Crippen LogP contribution in [0.3, 0.4) is 0 Å². The van der Waals surface area contributed by atoms with Crippen LogP contribution in [0.2, 0.25) is 0 Å². The van der Waals surface area contributed by atoms with Gasteiger partial charge < -0.3 is 11.1 Å². The molecular weight excluding hydrogens is 243 g/mol. The van der Waals surface area contributed by atoms with Crippen LogP contribution in [0.1, 0.15) is 30.9 Å². The van der Waals surface area contributed by atoms with Gasteiger partial charge in [0, 0.05) is 17.7 Å². The summed E-state index contributed by atoms with van der Waals surface area (Å²) in [4.78, 5) is 8.17. The fourth-order valence-electron chi connectivity index (χ4n) is 1.94. The third-order valence-electron chi connectivity index (χ3n) is 2.90. The number of hydrogen-bond acceptors (Lipinski definition) is 4. The maximum absolute atomic E-state index is 13.5. The van der Waals surface area contributed by atoms with Gasteiger partial charge in [0.2, 0.25) is 0 Å². The van der Waals surface area contributed by atoms with E-state index in [-0.39, 0.29) is 11.7 Å². The first-order valence-electron chi connectivity index (χ1n) is 6.17. The molecule has 0 atom stereocenters. The average Bonchev–Trinajstić information content (AvgIpc) is 2.37. The molecule has 0 saturated heterocycles. The number of halogens is 1. The molecule has 0 radical (unpaired) electrons. The van der Waals surface area contributed by atoms with Crippen LogP contribution in [0, 0.1) is 5.82 Å². The summed E-state index contributed by atoms with van der Waals surface area (Å²) in [6.07, 6.45) is 1.41. The SMILES string of the molecule is CC(C)c1c(N)ncnc1NCc1ccccc1F. The average molecular weight is 260 g/mol. The van der Waals surface area contributed by atoms with E-state index >= 15 is 0 Å². The summed E-state index contributed by atoms with van der Waals surface area (Å²) in [6.45, 7) is 4.40. The van der Waals surface area contributed by atoms with E-state index in [1.807, 2.05) is 13.8 Å². The minimum absolute atomic E-state index is 0.198. The number of aromatic nitrogens is 2. The molecule has 0 amide bonds. The van der Waals surface area contributed by atoms with Crippen LogP contribution in [0.4, 0.5) is 16.0 Å². The largest absolute Gasteiger partial charge is 0.383 e. The number of nitrogen functional groups attached to an aromatic ring is 1. The third-order valence-corrected chi connectivity index (χ3v) is 2.90. The molecule has 0 aliphatic rings. The Kier molecular flexibility index (Phi) is 3.94. The van der Waals surface area contributed by atoms with Gasteiger partial charge >= 0.3 is 0 Å². The van der Waals surface area contributed by atoms with Gasteiger partial charge in [-0.25, -0.2) is 14.4 Å². The Labute approximate surface area is 111 Å². The highest BCUT2D eigenvalue weighted by atomic mass is 19.1. The molecule has 2 aromatic rings. The quantitative estimate of drug-likeness (QED) is 0.887. The van der Waals surface area contributed by atoms with E-state index in [1.54, 1.807) is 18.2 Å². The molecule has 0 bridgehead atoms. The van der Waals surface area contributed by atoms with E-state index in [2.05, 4.69) is 15.3 Å². The van der Waals surface area contributed by atoms with Crippen molar-refractivity contribution in [2.24, 2.45) is 0 Å². The fourth-order valence-corrected chi connectivity index (χ4v) is 1.94. The van der Waals surface area contributed by atoms with Crippen molar-refractivity contribution in [2.45, 2.75) is 26.3 Å². The zero-order chi connectivity index (χ0) is 13.8. The van der Waals surface area contributed by atoms with Crippen molar-refractivity contribution < 1.29 is 4.39 Å². The van der Waals surface area contributed by atoms with E-state index < -0.39 is 0 Å². The van der Waals surface area contributed by atoms with Gasteiger partial charge in [0.05, 0.1) is 0 Å². The Morgan fingerprint density at radius 2 is 2.00 bits per heavy atom. The molecule has 5 heteroatoms. The Morgan fingerprint density at radius 3 is 2.68 bits per heavy atom. The Morgan fingerprint density at radius 1 is 1.26 bits per heavy atom. The molecule has 100 valence electrons. The number of nitrogens with one attached hydrogen (secondary N) is 1. The summed E-state index contributed by atoms with van der Waals surface area (Å²) in [5, 5.41) is 3.12. The van der Waals surface area contributed by atoms with Gasteiger partial charge in [0.25, 0.3) is 0 Å². The highest BCUT2D eigenvalue weighted by Crippen LogP contribution is 2.26. The summed E-state index contributed by atoms with van der Waals surface area (Å²) in [5.41, 5.74) is 7.31. The second kappa shape index (κ2) is 5.65. The normalized spacial score (nSPS) is 10.7. The first-order chi connectivity index (χ1) is 9.09. The van der Waals surface area contributed by atoms with E-state index in [0.29, 0.717) is 23.7 Å². The minimum Gasteiger partial charge on any atom is -0.383 e. The van der Waals surface area contributed by atoms with Crippen LogP contribution in [0.25, 0.3) is 0 Å². The van der Waals surface area contributed by atoms with Gasteiger partial charge in [0.15, 0.2) is 0 Å². The topological polar surface area (TPSA) is 63.8 Å². The highest BCUT2D eigenvalue weighted by Gasteiger charge is 2.13. The van der Waals surface area contributed by atoms with E-state index in [1.165, 1.54) is 12.4 Å². The summed E-state index contributed by atoms with van der Waals surface area (Å²) in [5.74, 6) is 1.08. The zero-order valence-electron chi connectivity index (χ0n) is 11.0. The van der Waals surface area contributed by atoms with E-state index in [0.717, 1.165) is 5.56 Å². The van der Waals surface area contributed by atoms with E-state index in [9.17, 15) is 4.39 Å². The van der Waals surface area contributed by atoms with Crippen molar-refractivity contribution in [3.63, 3.8) is 0 Å². The minimum atomic E-state index is -0.233. The highest BCUT2D eigenvalue weighted by molar-refractivity contribution is 5.56. The first-order valence-corrected chi connectivity index (χ1v) is 6.17. The molecule has 2 rings (SSSR count). The van der Waals surface area contributed by atoms with Gasteiger partial charge in [0.1, 0.15) is 23.8 Å². The molecule has 1 heterocycles. The summed E-state index contributed by atoms with van der Waals surface area (Å²) < 4.78 is 13.5. The zero-order valence-corrected chi connectivity index (χ0v) is 11.0. The van der Waals surface area contributed by atoms with Gasteiger partial charge in [-0.1, -0.05) is 32.0 Å². The van der Waals surface area contributed by atoms with Crippen molar-refractivity contribution >= 4 is 11.6 Å². The molecular formula is C14H17FN4. The van der Waals surface area contributed by atoms with Crippen molar-refractivity contribution in [1.82, 2.24) is 9.97 Å². The maximum Gasteiger partial charge on any atom is 0.135 e. The van der Waals surface area contributed by atoms with Gasteiger partial charge in [-0.05, 0) is 12.0 Å². The monoisotopic (exact) mass is 260 g/mol. The molecule has 3 N–H and O–H groups in total. The van der Waals surface area contributed by atoms with Crippen LogP contribution in [-0.2, 0) is 6.54 Å². The molecule has 1 aromatic carbocycles. The van der Waals surface area contributed by atoms with Crippen LogP contribution in [0.5, 0.6) is 0 Å². The van der Waals surface area contributed by atoms with Crippen molar-refractivity contribution in [3.8, 4) is 0 Å². The molecule has 0 spiro atoms. The Hall–Kier alpha value is -2.17. The summed E-state index contributed by atoms with van der Waals surface area (Å²) in [6, 6.07) is 6.65. The van der Waals surface area contributed by atoms with Crippen LogP contribution >= 0.6 is 0 Å². The molecule has 0 saturated carbocycles. The predicted molar refractivity (Wildman–Crippen MR) is 74.3 cm³/mol. The van der Waals surface area contributed by atoms with E-state index in [4.69, 9.17) is 5.73 Å². The number of anilines is 2. The summed E-state index contributed by atoms with van der Waals surface area (Å²) >= 11 is 0. The van der Waals surface area contributed by atoms with Gasteiger partial charge in [-0.3, -0.25) is 0 Å². The second-order valence-electron chi connectivity index (χ2n) is 4.62. The molecule has 0 unspecified atom stereocenters. The number of rotatable bonds is 4. The lowest BCUT2D eigenvalue weighted by Gasteiger charge is -2.15. The van der Waals surface area contributed by atoms with Crippen molar-refractivity contribution in [1.29, 1.82) is 0 Å². The predicted octanol–water partition coefficient (Wildman–Crippen LogP) is 2.93. The lowest BCUT2D eigenvalue weighted by atomic mass is 10.0. The van der Waals surface area contributed by atoms with Crippen molar-refractivity contribution in [3.05, 3.63) is 47.5 Å². The Balaban J connectivity index is 2.21. The fraction of sp³-hybridized carbons (Fsp3) is 0.286.